The van der Waals surface area contributed by atoms with Gasteiger partial charge in [0.15, 0.2) is 0 Å². The molecular formula is C24H23NO5S. The minimum absolute atomic E-state index is 0.0419. The van der Waals surface area contributed by atoms with Crippen molar-refractivity contribution in [2.24, 2.45) is 0 Å². The van der Waals surface area contributed by atoms with Crippen molar-refractivity contribution in [2.75, 3.05) is 0 Å². The molecule has 3 aromatic carbocycles. The summed E-state index contributed by atoms with van der Waals surface area (Å²) in [6, 6.07) is 13.4. The maximum absolute atomic E-state index is 13.7. The van der Waals surface area contributed by atoms with Crippen LogP contribution in [0.3, 0.4) is 0 Å². The van der Waals surface area contributed by atoms with Gasteiger partial charge in [0, 0.05) is 12.6 Å². The van der Waals surface area contributed by atoms with Crippen LogP contribution >= 0.6 is 0 Å². The molecule has 0 aliphatic carbocycles. The Labute approximate surface area is 181 Å². The minimum atomic E-state index is -4.14. The predicted molar refractivity (Wildman–Crippen MR) is 118 cm³/mol. The summed E-state index contributed by atoms with van der Waals surface area (Å²) in [5.41, 5.74) is 4.21. The van der Waals surface area contributed by atoms with Crippen LogP contribution in [0.1, 0.15) is 40.8 Å². The normalized spacial score (nSPS) is 16.6. The third-order valence-corrected chi connectivity index (χ3v) is 7.41. The molecule has 1 aliphatic heterocycles. The number of aryl methyl sites for hydroxylation is 1. The molecule has 0 saturated heterocycles. The van der Waals surface area contributed by atoms with E-state index in [2.05, 4.69) is 0 Å². The van der Waals surface area contributed by atoms with Crippen LogP contribution in [0.25, 0.3) is 6.08 Å². The minimum Gasteiger partial charge on any atom is -0.508 e. The number of phenols is 3. The molecule has 0 spiro atoms. The molecule has 1 atom stereocenters. The standard InChI is InChI=1S/C24H23NO5S/c1-3-5-19-15(2)6-4-7-21(19)24-20-10-8-17(26)12-16(20)14-25(24)31(29,30)23-11-9-18(27)13-22(23)28/h3-13,24,26-28H,14H2,1-2H3/b5-3-. The first-order chi connectivity index (χ1) is 14.7. The number of hydrogen-bond donors (Lipinski definition) is 3. The molecule has 0 amide bonds. The Balaban J connectivity index is 1.96. The highest BCUT2D eigenvalue weighted by Gasteiger charge is 2.41. The second-order valence-electron chi connectivity index (χ2n) is 7.57. The second kappa shape index (κ2) is 7.76. The van der Waals surface area contributed by atoms with Gasteiger partial charge in [0.2, 0.25) is 10.0 Å². The Morgan fingerprint density at radius 2 is 1.68 bits per heavy atom. The zero-order chi connectivity index (χ0) is 22.3. The third kappa shape index (κ3) is 3.56. The summed E-state index contributed by atoms with van der Waals surface area (Å²) in [7, 11) is -4.14. The second-order valence-corrected chi connectivity index (χ2v) is 9.42. The first kappa shape index (κ1) is 21.0. The van der Waals surface area contributed by atoms with Gasteiger partial charge in [0.05, 0.1) is 6.04 Å². The smallest absolute Gasteiger partial charge is 0.247 e. The van der Waals surface area contributed by atoms with Gasteiger partial charge in [-0.2, -0.15) is 4.31 Å². The van der Waals surface area contributed by atoms with Gasteiger partial charge >= 0.3 is 0 Å². The van der Waals surface area contributed by atoms with Gasteiger partial charge < -0.3 is 15.3 Å². The molecule has 0 saturated carbocycles. The number of phenolic OH excluding ortho intramolecular Hbond substituents is 3. The van der Waals surface area contributed by atoms with E-state index in [-0.39, 0.29) is 22.9 Å². The van der Waals surface area contributed by atoms with Crippen LogP contribution in [0.5, 0.6) is 17.2 Å². The van der Waals surface area contributed by atoms with Crippen LogP contribution in [0.2, 0.25) is 0 Å². The molecule has 6 nitrogen and oxygen atoms in total. The number of nitrogens with zero attached hydrogens (tertiary/aromatic N) is 1. The molecule has 31 heavy (non-hydrogen) atoms. The van der Waals surface area contributed by atoms with Crippen molar-refractivity contribution in [3.8, 4) is 17.2 Å². The van der Waals surface area contributed by atoms with Crippen LogP contribution in [0, 0.1) is 6.92 Å². The van der Waals surface area contributed by atoms with Gasteiger partial charge in [-0.05, 0) is 65.9 Å². The monoisotopic (exact) mass is 437 g/mol. The maximum Gasteiger partial charge on any atom is 0.247 e. The highest BCUT2D eigenvalue weighted by Crippen LogP contribution is 2.45. The molecule has 3 aromatic rings. The number of sulfonamides is 1. The molecule has 160 valence electrons. The number of hydrogen-bond acceptors (Lipinski definition) is 5. The average molecular weight is 438 g/mol. The van der Waals surface area contributed by atoms with Crippen LogP contribution in [-0.4, -0.2) is 28.0 Å². The number of fused-ring (bicyclic) bond motifs is 1. The summed E-state index contributed by atoms with van der Waals surface area (Å²) in [6.45, 7) is 3.91. The van der Waals surface area contributed by atoms with Gasteiger partial charge in [0.25, 0.3) is 0 Å². The zero-order valence-corrected chi connectivity index (χ0v) is 18.0. The van der Waals surface area contributed by atoms with Crippen LogP contribution < -0.4 is 0 Å². The Morgan fingerprint density at radius 3 is 2.39 bits per heavy atom. The summed E-state index contributed by atoms with van der Waals surface area (Å²) in [5, 5.41) is 29.8. The Kier molecular flexibility index (Phi) is 5.24. The summed E-state index contributed by atoms with van der Waals surface area (Å²) in [4.78, 5) is -0.285. The SMILES string of the molecule is C/C=C\c1c(C)cccc1C1c2ccc(O)cc2CN1S(=O)(=O)c1ccc(O)cc1O. The summed E-state index contributed by atoms with van der Waals surface area (Å²) in [6.07, 6.45) is 3.86. The van der Waals surface area contributed by atoms with Gasteiger partial charge in [-0.1, -0.05) is 36.4 Å². The van der Waals surface area contributed by atoms with Crippen molar-refractivity contribution in [1.29, 1.82) is 0 Å². The number of aromatic hydroxyl groups is 3. The van der Waals surface area contributed by atoms with Gasteiger partial charge in [-0.3, -0.25) is 0 Å². The lowest BCUT2D eigenvalue weighted by Crippen LogP contribution is -2.31. The van der Waals surface area contributed by atoms with Crippen molar-refractivity contribution in [3.05, 3.63) is 88.5 Å². The average Bonchev–Trinajstić information content (AvgIpc) is 3.08. The van der Waals surface area contributed by atoms with E-state index in [9.17, 15) is 23.7 Å². The first-order valence-electron chi connectivity index (χ1n) is 9.82. The van der Waals surface area contributed by atoms with E-state index in [1.165, 1.54) is 16.4 Å². The lowest BCUT2D eigenvalue weighted by Gasteiger charge is -2.27. The summed E-state index contributed by atoms with van der Waals surface area (Å²) >= 11 is 0. The van der Waals surface area contributed by atoms with Gasteiger partial charge in [-0.15, -0.1) is 0 Å². The number of allylic oxidation sites excluding steroid dienone is 1. The van der Waals surface area contributed by atoms with E-state index in [0.717, 1.165) is 28.3 Å². The molecule has 1 heterocycles. The molecule has 4 rings (SSSR count). The lowest BCUT2D eigenvalue weighted by atomic mass is 9.92. The molecule has 0 radical (unpaired) electrons. The molecule has 0 bridgehead atoms. The van der Waals surface area contributed by atoms with Crippen LogP contribution in [-0.2, 0) is 16.6 Å². The van der Waals surface area contributed by atoms with E-state index in [1.54, 1.807) is 18.2 Å². The van der Waals surface area contributed by atoms with Crippen LogP contribution in [0.15, 0.2) is 65.6 Å². The largest absolute Gasteiger partial charge is 0.508 e. The molecule has 3 N–H and O–H groups in total. The zero-order valence-electron chi connectivity index (χ0n) is 17.1. The highest BCUT2D eigenvalue weighted by molar-refractivity contribution is 7.89. The molecule has 0 aromatic heterocycles. The highest BCUT2D eigenvalue weighted by atomic mass is 32.2. The third-order valence-electron chi connectivity index (χ3n) is 5.55. The van der Waals surface area contributed by atoms with E-state index < -0.39 is 21.8 Å². The quantitative estimate of drug-likeness (QED) is 0.561. The molecule has 1 unspecified atom stereocenters. The molecule has 1 aliphatic rings. The molecule has 0 fully saturated rings. The fourth-order valence-corrected chi connectivity index (χ4v) is 5.77. The van der Waals surface area contributed by atoms with Crippen molar-refractivity contribution in [1.82, 2.24) is 4.31 Å². The fraction of sp³-hybridized carbons (Fsp3) is 0.167. The lowest BCUT2D eigenvalue weighted by molar-refractivity contribution is 0.381. The first-order valence-corrected chi connectivity index (χ1v) is 11.3. The Hall–Kier alpha value is -3.29. The van der Waals surface area contributed by atoms with Crippen molar-refractivity contribution in [3.63, 3.8) is 0 Å². The van der Waals surface area contributed by atoms with E-state index in [1.807, 2.05) is 44.2 Å². The van der Waals surface area contributed by atoms with Gasteiger partial charge in [-0.25, -0.2) is 8.42 Å². The van der Waals surface area contributed by atoms with Crippen molar-refractivity contribution >= 4 is 16.1 Å². The van der Waals surface area contributed by atoms with E-state index >= 15 is 0 Å². The predicted octanol–water partition coefficient (Wildman–Crippen LogP) is 4.44. The topological polar surface area (TPSA) is 98.1 Å². The number of benzene rings is 3. The fourth-order valence-electron chi connectivity index (χ4n) is 4.14. The van der Waals surface area contributed by atoms with Gasteiger partial charge in [0.1, 0.15) is 22.1 Å². The van der Waals surface area contributed by atoms with Crippen LogP contribution in [0.4, 0.5) is 0 Å². The maximum atomic E-state index is 13.7. The van der Waals surface area contributed by atoms with E-state index in [0.29, 0.717) is 5.56 Å². The van der Waals surface area contributed by atoms with Crippen molar-refractivity contribution < 1.29 is 23.7 Å². The Morgan fingerprint density at radius 1 is 0.968 bits per heavy atom. The molecule has 7 heteroatoms. The summed E-state index contributed by atoms with van der Waals surface area (Å²) < 4.78 is 28.6. The number of rotatable bonds is 4. The van der Waals surface area contributed by atoms with E-state index in [4.69, 9.17) is 0 Å². The Bertz CT molecular complexity index is 1300. The van der Waals surface area contributed by atoms with Crippen molar-refractivity contribution in [2.45, 2.75) is 31.3 Å². The molecular weight excluding hydrogens is 414 g/mol. The summed E-state index contributed by atoms with van der Waals surface area (Å²) in [5.74, 6) is -0.686.